The Balaban J connectivity index is 0.000000225. The van der Waals surface area contributed by atoms with Crippen molar-refractivity contribution in [3.05, 3.63) is 12.7 Å². The summed E-state index contributed by atoms with van der Waals surface area (Å²) in [5.41, 5.74) is 0. The Morgan fingerprint density at radius 1 is 1.22 bits per heavy atom. The van der Waals surface area contributed by atoms with Crippen LogP contribution in [0.5, 0.6) is 0 Å². The predicted molar refractivity (Wildman–Crippen MR) is 59.6 cm³/mol. The van der Waals surface area contributed by atoms with Crippen LogP contribution in [-0.4, -0.2) is 35.3 Å². The Kier molecular flexibility index (Phi) is 5.04. The van der Waals surface area contributed by atoms with Crippen molar-refractivity contribution in [1.29, 1.82) is 0 Å². The van der Waals surface area contributed by atoms with Gasteiger partial charge in [-0.05, 0) is 6.42 Å². The van der Waals surface area contributed by atoms with Gasteiger partial charge in [0.1, 0.15) is 0 Å². The Bertz CT molecular complexity index is 367. The number of rotatable bonds is 2. The van der Waals surface area contributed by atoms with E-state index >= 15 is 0 Å². The number of hydrogen-bond acceptors (Lipinski definition) is 5. The van der Waals surface area contributed by atoms with Gasteiger partial charge in [0, 0.05) is 31.9 Å². The lowest BCUT2D eigenvalue weighted by atomic mass is 10.4. The highest BCUT2D eigenvalue weighted by Crippen LogP contribution is 2.11. The van der Waals surface area contributed by atoms with Crippen LogP contribution in [0.2, 0.25) is 0 Å². The topological polar surface area (TPSA) is 92.8 Å². The predicted octanol–water partition coefficient (Wildman–Crippen LogP) is -0.324. The number of carbonyl (C=O) groups is 4. The second kappa shape index (κ2) is 6.53. The van der Waals surface area contributed by atoms with Gasteiger partial charge in [-0.3, -0.25) is 14.4 Å². The fourth-order valence-corrected chi connectivity index (χ4v) is 1.35. The number of imide groups is 1. The average molecular weight is 254 g/mol. The zero-order chi connectivity index (χ0) is 13.5. The van der Waals surface area contributed by atoms with Crippen LogP contribution >= 0.6 is 0 Å². The molecule has 0 aliphatic carbocycles. The molecule has 7 nitrogen and oxygen atoms in total. The number of nitrogens with zero attached hydrogens (tertiary/aromatic N) is 1. The first-order valence-corrected chi connectivity index (χ1v) is 5.51. The van der Waals surface area contributed by atoms with Crippen LogP contribution < -0.4 is 5.32 Å². The fraction of sp³-hybridized carbons (Fsp3) is 0.455. The van der Waals surface area contributed by atoms with Gasteiger partial charge in [-0.2, -0.15) is 0 Å². The largest absolute Gasteiger partial charge is 0.356 e. The normalized spacial score (nSPS) is 18.0. The molecule has 2 heterocycles. The Morgan fingerprint density at radius 2 is 1.83 bits per heavy atom. The zero-order valence-corrected chi connectivity index (χ0v) is 9.81. The van der Waals surface area contributed by atoms with E-state index in [0.29, 0.717) is 5.06 Å². The lowest BCUT2D eigenvalue weighted by Crippen LogP contribution is -2.31. The summed E-state index contributed by atoms with van der Waals surface area (Å²) in [5, 5.41) is 3.16. The number of amides is 3. The molecular weight excluding hydrogens is 240 g/mol. The van der Waals surface area contributed by atoms with Crippen LogP contribution in [0.15, 0.2) is 12.7 Å². The molecule has 2 fully saturated rings. The molecule has 7 heteroatoms. The molecule has 0 unspecified atom stereocenters. The van der Waals surface area contributed by atoms with Crippen molar-refractivity contribution in [2.75, 3.05) is 6.54 Å². The van der Waals surface area contributed by atoms with Gasteiger partial charge in [-0.15, -0.1) is 5.06 Å². The third kappa shape index (κ3) is 4.00. The molecule has 2 saturated heterocycles. The van der Waals surface area contributed by atoms with Crippen LogP contribution in [0.4, 0.5) is 0 Å². The minimum atomic E-state index is -0.807. The molecule has 0 bridgehead atoms. The van der Waals surface area contributed by atoms with Crippen molar-refractivity contribution in [2.45, 2.75) is 25.7 Å². The molecule has 2 aliphatic heterocycles. The molecule has 1 N–H and O–H groups in total. The zero-order valence-electron chi connectivity index (χ0n) is 9.81. The highest BCUT2D eigenvalue weighted by molar-refractivity contribution is 6.02. The fourth-order valence-electron chi connectivity index (χ4n) is 1.35. The molecule has 0 spiro atoms. The summed E-state index contributed by atoms with van der Waals surface area (Å²) < 4.78 is 0. The van der Waals surface area contributed by atoms with Crippen molar-refractivity contribution >= 4 is 23.7 Å². The SMILES string of the molecule is C=CC(=O)ON1C(=O)CCC1=O.O=C1CCCN1. The lowest BCUT2D eigenvalue weighted by molar-refractivity contribution is -0.193. The van der Waals surface area contributed by atoms with E-state index in [4.69, 9.17) is 0 Å². The van der Waals surface area contributed by atoms with Crippen molar-refractivity contribution in [1.82, 2.24) is 10.4 Å². The summed E-state index contributed by atoms with van der Waals surface area (Å²) in [6, 6.07) is 0. The Labute approximate surface area is 104 Å². The van der Waals surface area contributed by atoms with Gasteiger partial charge in [-0.1, -0.05) is 6.58 Å². The van der Waals surface area contributed by atoms with Crippen LogP contribution in [0, 0.1) is 0 Å². The molecule has 2 aliphatic rings. The molecule has 0 atom stereocenters. The summed E-state index contributed by atoms with van der Waals surface area (Å²) in [7, 11) is 0. The van der Waals surface area contributed by atoms with Crippen LogP contribution in [0.1, 0.15) is 25.7 Å². The van der Waals surface area contributed by atoms with Gasteiger partial charge in [0.25, 0.3) is 11.8 Å². The van der Waals surface area contributed by atoms with E-state index in [-0.39, 0.29) is 18.7 Å². The maximum Gasteiger partial charge on any atom is 0.356 e. The maximum absolute atomic E-state index is 10.8. The van der Waals surface area contributed by atoms with E-state index in [1.807, 2.05) is 0 Å². The second-order valence-electron chi connectivity index (χ2n) is 3.65. The third-order valence-electron chi connectivity index (χ3n) is 2.26. The van der Waals surface area contributed by atoms with E-state index in [2.05, 4.69) is 16.7 Å². The summed E-state index contributed by atoms with van der Waals surface area (Å²) in [6.45, 7) is 4.02. The molecule has 18 heavy (non-hydrogen) atoms. The van der Waals surface area contributed by atoms with Gasteiger partial charge in [0.05, 0.1) is 0 Å². The second-order valence-corrected chi connectivity index (χ2v) is 3.65. The quantitative estimate of drug-likeness (QED) is 0.538. The minimum absolute atomic E-state index is 0.100. The van der Waals surface area contributed by atoms with E-state index in [9.17, 15) is 19.2 Å². The summed E-state index contributed by atoms with van der Waals surface area (Å²) in [6.07, 6.45) is 2.85. The smallest absolute Gasteiger partial charge is 0.356 e. The van der Waals surface area contributed by atoms with E-state index in [1.54, 1.807) is 0 Å². The van der Waals surface area contributed by atoms with Crippen molar-refractivity contribution in [3.63, 3.8) is 0 Å². The van der Waals surface area contributed by atoms with Crippen LogP contribution in [0.25, 0.3) is 0 Å². The van der Waals surface area contributed by atoms with E-state index in [1.165, 1.54) is 0 Å². The monoisotopic (exact) mass is 254 g/mol. The van der Waals surface area contributed by atoms with Crippen molar-refractivity contribution < 1.29 is 24.0 Å². The molecule has 0 saturated carbocycles. The highest BCUT2D eigenvalue weighted by Gasteiger charge is 2.32. The summed E-state index contributed by atoms with van der Waals surface area (Å²) in [5.74, 6) is -1.58. The molecule has 2 rings (SSSR count). The van der Waals surface area contributed by atoms with Crippen LogP contribution in [-0.2, 0) is 24.0 Å². The number of hydrogen-bond donors (Lipinski definition) is 1. The minimum Gasteiger partial charge on any atom is -0.356 e. The van der Waals surface area contributed by atoms with E-state index in [0.717, 1.165) is 25.5 Å². The van der Waals surface area contributed by atoms with Gasteiger partial charge in [0.2, 0.25) is 5.91 Å². The maximum atomic E-state index is 10.8. The van der Waals surface area contributed by atoms with Gasteiger partial charge >= 0.3 is 5.97 Å². The van der Waals surface area contributed by atoms with Crippen molar-refractivity contribution in [3.8, 4) is 0 Å². The molecular formula is C11H14N2O5. The number of carbonyl (C=O) groups excluding carboxylic acids is 4. The Morgan fingerprint density at radius 3 is 2.17 bits per heavy atom. The average Bonchev–Trinajstić information content (AvgIpc) is 2.94. The molecule has 3 amide bonds. The first-order valence-electron chi connectivity index (χ1n) is 5.51. The standard InChI is InChI=1S/C7H7NO4.C4H7NO/c1-2-7(11)12-8-5(9)3-4-6(8)10;6-4-2-1-3-5-4/h2H,1,3-4H2;1-3H2,(H,5,6). The molecule has 0 radical (unpaired) electrons. The summed E-state index contributed by atoms with van der Waals surface area (Å²) >= 11 is 0. The molecule has 98 valence electrons. The Hall–Kier alpha value is -2.18. The van der Waals surface area contributed by atoms with Crippen molar-refractivity contribution in [2.24, 2.45) is 0 Å². The van der Waals surface area contributed by atoms with Gasteiger partial charge < -0.3 is 10.2 Å². The van der Waals surface area contributed by atoms with Gasteiger partial charge in [-0.25, -0.2) is 4.79 Å². The highest BCUT2D eigenvalue weighted by atomic mass is 16.7. The van der Waals surface area contributed by atoms with Crippen LogP contribution in [0.3, 0.4) is 0 Å². The first-order chi connectivity index (χ1) is 8.54. The van der Waals surface area contributed by atoms with E-state index < -0.39 is 17.8 Å². The third-order valence-corrected chi connectivity index (χ3v) is 2.26. The summed E-state index contributed by atoms with van der Waals surface area (Å²) in [4.78, 5) is 46.7. The molecule has 0 aromatic carbocycles. The number of hydroxylamine groups is 2. The lowest BCUT2D eigenvalue weighted by Gasteiger charge is -2.09. The molecule has 0 aromatic heterocycles. The number of nitrogens with one attached hydrogen (secondary N) is 1. The molecule has 0 aromatic rings. The first kappa shape index (κ1) is 13.9. The van der Waals surface area contributed by atoms with Gasteiger partial charge in [0.15, 0.2) is 0 Å².